The number of aromatic nitrogens is 1. The Bertz CT molecular complexity index is 1030. The molecule has 7 heteroatoms. The smallest absolute Gasteiger partial charge is 0.142 e. The van der Waals surface area contributed by atoms with E-state index < -0.39 is 5.82 Å². The van der Waals surface area contributed by atoms with Crippen molar-refractivity contribution in [3.8, 4) is 28.5 Å². The molecule has 0 saturated heterocycles. The Balaban J connectivity index is 2.28. The molecule has 0 bridgehead atoms. The van der Waals surface area contributed by atoms with Gasteiger partial charge in [0.25, 0.3) is 0 Å². The summed E-state index contributed by atoms with van der Waals surface area (Å²) in [5.74, 6) is -0.339. The van der Waals surface area contributed by atoms with Crippen LogP contribution in [0.2, 0.25) is 10.0 Å². The first kappa shape index (κ1) is 17.7. The lowest BCUT2D eigenvalue weighted by atomic mass is 9.98. The summed E-state index contributed by atoms with van der Waals surface area (Å²) in [6.07, 6.45) is 0. The molecule has 2 aromatic carbocycles. The number of nitriles is 1. The highest BCUT2D eigenvalue weighted by Crippen LogP contribution is 2.36. The summed E-state index contributed by atoms with van der Waals surface area (Å²) < 4.78 is 13.8. The molecule has 0 fully saturated rings. The molecule has 0 atom stereocenters. The summed E-state index contributed by atoms with van der Waals surface area (Å²) in [7, 11) is 0. The van der Waals surface area contributed by atoms with E-state index in [-0.39, 0.29) is 15.9 Å². The molecule has 3 rings (SSSR count). The van der Waals surface area contributed by atoms with Crippen LogP contribution in [0.5, 0.6) is 0 Å². The van der Waals surface area contributed by atoms with Crippen molar-refractivity contribution in [3.63, 3.8) is 0 Å². The molecule has 0 saturated carbocycles. The van der Waals surface area contributed by atoms with Gasteiger partial charge in [-0.15, -0.1) is 0 Å². The van der Waals surface area contributed by atoms with Gasteiger partial charge in [-0.05, 0) is 57.9 Å². The van der Waals surface area contributed by atoms with Gasteiger partial charge in [0.15, 0.2) is 0 Å². The molecule has 0 spiro atoms. The maximum Gasteiger partial charge on any atom is 0.142 e. The third-order valence-electron chi connectivity index (χ3n) is 3.59. The minimum Gasteiger partial charge on any atom is -0.383 e. The molecule has 1 aromatic heterocycles. The van der Waals surface area contributed by atoms with Crippen LogP contribution < -0.4 is 5.73 Å². The zero-order chi connectivity index (χ0) is 18.1. The Kier molecular flexibility index (Phi) is 4.96. The number of nitrogens with zero attached hydrogens (tertiary/aromatic N) is 2. The molecule has 0 radical (unpaired) electrons. The highest BCUT2D eigenvalue weighted by molar-refractivity contribution is 9.10. The second-order valence-corrected chi connectivity index (χ2v) is 6.88. The number of benzene rings is 2. The molecule has 124 valence electrons. The van der Waals surface area contributed by atoms with Crippen molar-refractivity contribution in [2.75, 3.05) is 5.73 Å². The monoisotopic (exact) mass is 435 g/mol. The molecule has 2 N–H and O–H groups in total. The Labute approximate surface area is 162 Å². The van der Waals surface area contributed by atoms with E-state index in [0.717, 1.165) is 0 Å². The molecule has 0 unspecified atom stereocenters. The zero-order valence-electron chi connectivity index (χ0n) is 12.5. The van der Waals surface area contributed by atoms with Gasteiger partial charge in [-0.1, -0.05) is 29.3 Å². The van der Waals surface area contributed by atoms with Crippen molar-refractivity contribution >= 4 is 44.9 Å². The summed E-state index contributed by atoms with van der Waals surface area (Å²) in [5, 5.41) is 10.4. The molecule has 0 amide bonds. The first-order valence-corrected chi connectivity index (χ1v) is 8.57. The molecular formula is C18H9BrCl2FN3. The summed E-state index contributed by atoms with van der Waals surface area (Å²) >= 11 is 15.4. The molecule has 3 nitrogen and oxygen atoms in total. The molecule has 25 heavy (non-hydrogen) atoms. The van der Waals surface area contributed by atoms with Crippen LogP contribution in [-0.4, -0.2) is 4.98 Å². The highest BCUT2D eigenvalue weighted by Gasteiger charge is 2.16. The largest absolute Gasteiger partial charge is 0.383 e. The average molecular weight is 437 g/mol. The van der Waals surface area contributed by atoms with Crippen molar-refractivity contribution in [2.45, 2.75) is 0 Å². The van der Waals surface area contributed by atoms with Crippen LogP contribution >= 0.6 is 39.1 Å². The first-order valence-electron chi connectivity index (χ1n) is 7.02. The second kappa shape index (κ2) is 7.01. The summed E-state index contributed by atoms with van der Waals surface area (Å²) in [6, 6.07) is 13.2. The number of pyridine rings is 1. The van der Waals surface area contributed by atoms with Gasteiger partial charge in [0.2, 0.25) is 0 Å². The standard InChI is InChI=1S/C18H9BrCl2FN3/c19-14-5-9(1-4-16(14)22)11-7-17(25-18(24)13(11)8-23)12-6-10(20)2-3-15(12)21/h1-7H,(H2,24,25). The van der Waals surface area contributed by atoms with Crippen LogP contribution in [0.4, 0.5) is 10.2 Å². The van der Waals surface area contributed by atoms with Crippen molar-refractivity contribution in [3.05, 3.63) is 68.4 Å². The molecular weight excluding hydrogens is 428 g/mol. The van der Waals surface area contributed by atoms with E-state index >= 15 is 0 Å². The first-order chi connectivity index (χ1) is 11.9. The number of halogens is 4. The second-order valence-electron chi connectivity index (χ2n) is 5.18. The van der Waals surface area contributed by atoms with E-state index in [4.69, 9.17) is 28.9 Å². The van der Waals surface area contributed by atoms with Crippen molar-refractivity contribution in [2.24, 2.45) is 0 Å². The predicted molar refractivity (Wildman–Crippen MR) is 102 cm³/mol. The fraction of sp³-hybridized carbons (Fsp3) is 0. The number of hydrogen-bond acceptors (Lipinski definition) is 3. The van der Waals surface area contributed by atoms with Crippen LogP contribution in [0.3, 0.4) is 0 Å². The third-order valence-corrected chi connectivity index (χ3v) is 4.77. The van der Waals surface area contributed by atoms with Gasteiger partial charge in [-0.3, -0.25) is 0 Å². The molecule has 3 aromatic rings. The molecule has 0 aliphatic rings. The van der Waals surface area contributed by atoms with E-state index in [1.807, 2.05) is 6.07 Å². The van der Waals surface area contributed by atoms with Gasteiger partial charge < -0.3 is 5.73 Å². The maximum atomic E-state index is 13.5. The number of nitrogen functional groups attached to an aromatic ring is 1. The van der Waals surface area contributed by atoms with E-state index in [2.05, 4.69) is 20.9 Å². The Morgan fingerprint density at radius 1 is 1.08 bits per heavy atom. The summed E-state index contributed by atoms with van der Waals surface area (Å²) in [4.78, 5) is 4.27. The van der Waals surface area contributed by atoms with Gasteiger partial charge in [0.1, 0.15) is 23.3 Å². The maximum absolute atomic E-state index is 13.5. The lowest BCUT2D eigenvalue weighted by Crippen LogP contribution is -2.00. The van der Waals surface area contributed by atoms with Crippen molar-refractivity contribution < 1.29 is 4.39 Å². The average Bonchev–Trinajstić information content (AvgIpc) is 2.58. The van der Waals surface area contributed by atoms with Crippen molar-refractivity contribution in [1.82, 2.24) is 4.98 Å². The van der Waals surface area contributed by atoms with Gasteiger partial charge in [0.05, 0.1) is 15.2 Å². The lowest BCUT2D eigenvalue weighted by Gasteiger charge is -2.12. The van der Waals surface area contributed by atoms with E-state index in [9.17, 15) is 9.65 Å². The predicted octanol–water partition coefficient (Wildman–Crippen LogP) is 6.08. The summed E-state index contributed by atoms with van der Waals surface area (Å²) in [6.45, 7) is 0. The van der Waals surface area contributed by atoms with E-state index in [1.165, 1.54) is 6.07 Å². The Morgan fingerprint density at radius 3 is 2.52 bits per heavy atom. The lowest BCUT2D eigenvalue weighted by molar-refractivity contribution is 0.621. The summed E-state index contributed by atoms with van der Waals surface area (Å²) in [5.41, 5.74) is 8.39. The number of hydrogen-bond donors (Lipinski definition) is 1. The highest BCUT2D eigenvalue weighted by atomic mass is 79.9. The van der Waals surface area contributed by atoms with Crippen LogP contribution in [0, 0.1) is 17.1 Å². The van der Waals surface area contributed by atoms with Crippen LogP contribution in [0.15, 0.2) is 46.9 Å². The van der Waals surface area contributed by atoms with Crippen LogP contribution in [0.1, 0.15) is 5.56 Å². The zero-order valence-corrected chi connectivity index (χ0v) is 15.6. The fourth-order valence-electron chi connectivity index (χ4n) is 2.41. The van der Waals surface area contributed by atoms with Gasteiger partial charge >= 0.3 is 0 Å². The van der Waals surface area contributed by atoms with E-state index in [0.29, 0.717) is 32.4 Å². The van der Waals surface area contributed by atoms with Crippen LogP contribution in [-0.2, 0) is 0 Å². The van der Waals surface area contributed by atoms with Gasteiger partial charge in [-0.2, -0.15) is 5.26 Å². The quantitative estimate of drug-likeness (QED) is 0.529. The molecule has 0 aliphatic heterocycles. The normalized spacial score (nSPS) is 10.5. The Morgan fingerprint density at radius 2 is 1.84 bits per heavy atom. The van der Waals surface area contributed by atoms with Crippen molar-refractivity contribution in [1.29, 1.82) is 5.26 Å². The van der Waals surface area contributed by atoms with Gasteiger partial charge in [-0.25, -0.2) is 9.37 Å². The molecule has 1 heterocycles. The number of anilines is 1. The SMILES string of the molecule is N#Cc1c(-c2ccc(F)c(Br)c2)cc(-c2cc(Cl)ccc2Cl)nc1N. The topological polar surface area (TPSA) is 62.7 Å². The minimum absolute atomic E-state index is 0.0616. The third kappa shape index (κ3) is 3.47. The number of nitrogens with two attached hydrogens (primary N) is 1. The minimum atomic E-state index is -0.401. The van der Waals surface area contributed by atoms with Gasteiger partial charge in [0, 0.05) is 16.1 Å². The fourth-order valence-corrected chi connectivity index (χ4v) is 3.17. The van der Waals surface area contributed by atoms with E-state index in [1.54, 1.807) is 36.4 Å². The van der Waals surface area contributed by atoms with Crippen LogP contribution in [0.25, 0.3) is 22.4 Å². The molecule has 0 aliphatic carbocycles. The Hall–Kier alpha value is -2.13. The number of rotatable bonds is 2.